The van der Waals surface area contributed by atoms with Gasteiger partial charge >= 0.3 is 0 Å². The van der Waals surface area contributed by atoms with Crippen LogP contribution in [-0.2, 0) is 9.59 Å². The predicted octanol–water partition coefficient (Wildman–Crippen LogP) is 3.02. The van der Waals surface area contributed by atoms with Crippen LogP contribution in [-0.4, -0.2) is 28.3 Å². The third kappa shape index (κ3) is 3.61. The summed E-state index contributed by atoms with van der Waals surface area (Å²) >= 11 is 13.1. The zero-order valence-corrected chi connectivity index (χ0v) is 12.6. The number of hydrogen-bond donors (Lipinski definition) is 0. The molecule has 0 spiro atoms. The molecule has 0 bridgehead atoms. The summed E-state index contributed by atoms with van der Waals surface area (Å²) in [5.41, 5.74) is 0.537. The first-order valence-corrected chi connectivity index (χ1v) is 7.46. The monoisotopic (exact) mass is 318 g/mol. The van der Waals surface area contributed by atoms with Gasteiger partial charge in [0.15, 0.2) is 10.3 Å². The molecule has 1 amide bonds. The summed E-state index contributed by atoms with van der Waals surface area (Å²) in [5.74, 6) is 0.778. The summed E-state index contributed by atoms with van der Waals surface area (Å²) in [6.07, 6.45) is 1.86. The molecule has 0 radical (unpaired) electrons. The molecule has 1 aromatic heterocycles. The molecule has 1 aliphatic heterocycles. The van der Waals surface area contributed by atoms with E-state index in [1.165, 1.54) is 24.9 Å². The van der Waals surface area contributed by atoms with Gasteiger partial charge in [0.2, 0.25) is 5.91 Å². The van der Waals surface area contributed by atoms with E-state index in [2.05, 4.69) is 4.98 Å². The molecule has 7 heteroatoms. The second-order valence-electron chi connectivity index (χ2n) is 4.34. The molecule has 1 fully saturated rings. The first-order chi connectivity index (χ1) is 8.97. The summed E-state index contributed by atoms with van der Waals surface area (Å²) in [4.78, 5) is 28.5. The first kappa shape index (κ1) is 14.6. The van der Waals surface area contributed by atoms with Crippen molar-refractivity contribution in [2.45, 2.75) is 13.3 Å². The van der Waals surface area contributed by atoms with Crippen LogP contribution in [0.15, 0.2) is 12.3 Å². The van der Waals surface area contributed by atoms with Crippen LogP contribution in [0.4, 0.5) is 5.69 Å². The molecule has 0 aromatic carbocycles. The third-order valence-electron chi connectivity index (χ3n) is 2.81. The molecule has 19 heavy (non-hydrogen) atoms. The van der Waals surface area contributed by atoms with Crippen molar-refractivity contribution in [1.82, 2.24) is 4.98 Å². The Kier molecular flexibility index (Phi) is 4.71. The van der Waals surface area contributed by atoms with Crippen LogP contribution in [0, 0.1) is 5.92 Å². The molecule has 0 N–H and O–H groups in total. The van der Waals surface area contributed by atoms with Gasteiger partial charge in [0.05, 0.1) is 10.7 Å². The Bertz CT molecular complexity index is 524. The highest BCUT2D eigenvalue weighted by Gasteiger charge is 2.32. The molecule has 2 heterocycles. The van der Waals surface area contributed by atoms with Gasteiger partial charge in [0, 0.05) is 31.8 Å². The lowest BCUT2D eigenvalue weighted by Crippen LogP contribution is -2.25. The summed E-state index contributed by atoms with van der Waals surface area (Å²) in [6.45, 7) is 2.07. The van der Waals surface area contributed by atoms with E-state index < -0.39 is 0 Å². The highest BCUT2D eigenvalue weighted by Crippen LogP contribution is 2.32. The number of aromatic nitrogens is 1. The maximum Gasteiger partial charge on any atom is 0.227 e. The Morgan fingerprint density at radius 2 is 2.32 bits per heavy atom. The molecule has 2 rings (SSSR count). The fourth-order valence-electron chi connectivity index (χ4n) is 1.96. The number of pyridine rings is 1. The van der Waals surface area contributed by atoms with Crippen LogP contribution >= 0.6 is 35.0 Å². The van der Waals surface area contributed by atoms with Crippen molar-refractivity contribution in [3.8, 4) is 0 Å². The molecule has 1 atom stereocenters. The van der Waals surface area contributed by atoms with Crippen molar-refractivity contribution < 1.29 is 9.59 Å². The van der Waals surface area contributed by atoms with Gasteiger partial charge in [-0.3, -0.25) is 9.59 Å². The number of amides is 1. The average Bonchev–Trinajstić information content (AvgIpc) is 2.71. The number of thioether (sulfide) groups is 1. The van der Waals surface area contributed by atoms with Gasteiger partial charge in [-0.05, 0) is 12.0 Å². The minimum atomic E-state index is -0.0138. The zero-order valence-electron chi connectivity index (χ0n) is 10.2. The summed E-state index contributed by atoms with van der Waals surface area (Å²) < 4.78 is 0. The Hall–Kier alpha value is -0.780. The zero-order chi connectivity index (χ0) is 14.0. The third-order valence-corrected chi connectivity index (χ3v) is 4.35. The van der Waals surface area contributed by atoms with E-state index in [4.69, 9.17) is 23.2 Å². The van der Waals surface area contributed by atoms with E-state index >= 15 is 0 Å². The SMILES string of the molecule is CC(=O)SCC1CC(=O)N(c2cc(Cl)cnc2Cl)C1. The van der Waals surface area contributed by atoms with Crippen molar-refractivity contribution in [3.63, 3.8) is 0 Å². The summed E-state index contributed by atoms with van der Waals surface area (Å²) in [6, 6.07) is 1.63. The maximum atomic E-state index is 12.0. The number of carbonyl (C=O) groups excluding carboxylic acids is 2. The predicted molar refractivity (Wildman–Crippen MR) is 77.9 cm³/mol. The Balaban J connectivity index is 2.11. The summed E-state index contributed by atoms with van der Waals surface area (Å²) in [7, 11) is 0. The molecular formula is C12H12Cl2N2O2S. The van der Waals surface area contributed by atoms with Crippen molar-refractivity contribution in [3.05, 3.63) is 22.4 Å². The highest BCUT2D eigenvalue weighted by molar-refractivity contribution is 8.13. The van der Waals surface area contributed by atoms with Crippen molar-refractivity contribution in [2.75, 3.05) is 17.2 Å². The van der Waals surface area contributed by atoms with E-state index in [-0.39, 0.29) is 22.1 Å². The molecule has 1 unspecified atom stereocenters. The minimum absolute atomic E-state index is 0.0138. The largest absolute Gasteiger partial charge is 0.309 e. The van der Waals surface area contributed by atoms with Crippen LogP contribution < -0.4 is 4.90 Å². The molecule has 0 saturated carbocycles. The fourth-order valence-corrected chi connectivity index (χ4v) is 3.01. The van der Waals surface area contributed by atoms with Gasteiger partial charge in [-0.1, -0.05) is 35.0 Å². The van der Waals surface area contributed by atoms with E-state index in [0.29, 0.717) is 29.4 Å². The Morgan fingerprint density at radius 1 is 1.58 bits per heavy atom. The van der Waals surface area contributed by atoms with Crippen LogP contribution in [0.2, 0.25) is 10.2 Å². The van der Waals surface area contributed by atoms with Gasteiger partial charge < -0.3 is 4.90 Å². The highest BCUT2D eigenvalue weighted by atomic mass is 35.5. The first-order valence-electron chi connectivity index (χ1n) is 5.72. The lowest BCUT2D eigenvalue weighted by molar-refractivity contribution is -0.117. The van der Waals surface area contributed by atoms with E-state index in [1.807, 2.05) is 0 Å². The van der Waals surface area contributed by atoms with Gasteiger partial charge in [0.25, 0.3) is 0 Å². The lowest BCUT2D eigenvalue weighted by Gasteiger charge is -2.17. The number of carbonyl (C=O) groups is 2. The fraction of sp³-hybridized carbons (Fsp3) is 0.417. The second kappa shape index (κ2) is 6.11. The van der Waals surface area contributed by atoms with Crippen LogP contribution in [0.3, 0.4) is 0 Å². The molecule has 102 valence electrons. The molecule has 4 nitrogen and oxygen atoms in total. The van der Waals surface area contributed by atoms with Crippen molar-refractivity contribution >= 4 is 51.7 Å². The van der Waals surface area contributed by atoms with Gasteiger partial charge in [0.1, 0.15) is 0 Å². The molecule has 0 aliphatic carbocycles. The standard InChI is InChI=1S/C12H12Cl2N2O2S/c1-7(17)19-6-8-2-11(18)16(5-8)10-3-9(13)4-15-12(10)14/h3-4,8H,2,5-6H2,1H3. The topological polar surface area (TPSA) is 50.3 Å². The maximum absolute atomic E-state index is 12.0. The number of hydrogen-bond acceptors (Lipinski definition) is 4. The number of nitrogens with zero attached hydrogens (tertiary/aromatic N) is 2. The van der Waals surface area contributed by atoms with Crippen molar-refractivity contribution in [2.24, 2.45) is 5.92 Å². The minimum Gasteiger partial charge on any atom is -0.309 e. The number of anilines is 1. The summed E-state index contributed by atoms with van der Waals surface area (Å²) in [5, 5.41) is 0.764. The van der Waals surface area contributed by atoms with Crippen LogP contribution in [0.5, 0.6) is 0 Å². The molecule has 1 aromatic rings. The molecule has 1 aliphatic rings. The Labute approximate surface area is 125 Å². The number of halogens is 2. The van der Waals surface area contributed by atoms with Crippen molar-refractivity contribution in [1.29, 1.82) is 0 Å². The van der Waals surface area contributed by atoms with Gasteiger partial charge in [-0.25, -0.2) is 4.98 Å². The average molecular weight is 319 g/mol. The van der Waals surface area contributed by atoms with Gasteiger partial charge in [-0.2, -0.15) is 0 Å². The van der Waals surface area contributed by atoms with Gasteiger partial charge in [-0.15, -0.1) is 0 Å². The van der Waals surface area contributed by atoms with E-state index in [1.54, 1.807) is 11.0 Å². The quantitative estimate of drug-likeness (QED) is 0.804. The van der Waals surface area contributed by atoms with E-state index in [0.717, 1.165) is 0 Å². The molecule has 1 saturated heterocycles. The lowest BCUT2D eigenvalue weighted by atomic mass is 10.1. The normalized spacial score (nSPS) is 19.0. The van der Waals surface area contributed by atoms with Crippen LogP contribution in [0.25, 0.3) is 0 Å². The number of rotatable bonds is 3. The van der Waals surface area contributed by atoms with E-state index in [9.17, 15) is 9.59 Å². The Morgan fingerprint density at radius 3 is 3.00 bits per heavy atom. The molecular weight excluding hydrogens is 307 g/mol. The smallest absolute Gasteiger partial charge is 0.227 e. The van der Waals surface area contributed by atoms with Crippen LogP contribution in [0.1, 0.15) is 13.3 Å². The second-order valence-corrected chi connectivity index (χ2v) is 6.33.